The van der Waals surface area contributed by atoms with E-state index in [4.69, 9.17) is 4.74 Å². The van der Waals surface area contributed by atoms with E-state index in [2.05, 4.69) is 10.2 Å². The number of benzene rings is 1. The molecule has 5 heteroatoms. The van der Waals surface area contributed by atoms with Crippen molar-refractivity contribution in [1.82, 2.24) is 10.2 Å². The van der Waals surface area contributed by atoms with E-state index in [1.165, 1.54) is 19.3 Å². The molecule has 2 amide bonds. The summed E-state index contributed by atoms with van der Waals surface area (Å²) in [5, 5.41) is 3.23. The summed E-state index contributed by atoms with van der Waals surface area (Å²) in [6, 6.07) is 8.14. The van der Waals surface area contributed by atoms with Crippen LogP contribution in [-0.4, -0.2) is 47.6 Å². The van der Waals surface area contributed by atoms with Gasteiger partial charge in [0, 0.05) is 24.8 Å². The molecular weight excluding hydrogens is 376 g/mol. The Hall–Kier alpha value is -1.88. The van der Waals surface area contributed by atoms with Gasteiger partial charge in [-0.05, 0) is 50.2 Å². The topological polar surface area (TPSA) is 58.6 Å². The molecule has 1 saturated heterocycles. The fraction of sp³-hybridized carbons (Fsp3) is 0.680. The van der Waals surface area contributed by atoms with Crippen molar-refractivity contribution in [3.63, 3.8) is 0 Å². The van der Waals surface area contributed by atoms with Gasteiger partial charge in [-0.25, -0.2) is 0 Å². The largest absolute Gasteiger partial charge is 0.376 e. The van der Waals surface area contributed by atoms with E-state index in [-0.39, 0.29) is 35.4 Å². The molecule has 0 aromatic heterocycles. The molecule has 0 unspecified atom stereocenters. The highest BCUT2D eigenvalue weighted by Crippen LogP contribution is 2.51. The third-order valence-corrected chi connectivity index (χ3v) is 7.94. The fourth-order valence-electron chi connectivity index (χ4n) is 6.60. The van der Waals surface area contributed by atoms with Crippen molar-refractivity contribution in [2.75, 3.05) is 13.2 Å². The van der Waals surface area contributed by atoms with Crippen LogP contribution in [-0.2, 0) is 9.53 Å². The summed E-state index contributed by atoms with van der Waals surface area (Å²) < 4.78 is 5.74. The molecule has 2 atom stereocenters. The highest BCUT2D eigenvalue weighted by Gasteiger charge is 2.56. The summed E-state index contributed by atoms with van der Waals surface area (Å²) in [5.41, 5.74) is 1.29. The number of carbonyl (C=O) groups excluding carboxylic acids is 2. The molecule has 0 bridgehead atoms. The molecule has 2 heterocycles. The highest BCUT2D eigenvalue weighted by atomic mass is 16.5. The monoisotopic (exact) mass is 410 g/mol. The molecule has 2 aliphatic heterocycles. The number of hydrogen-bond donors (Lipinski definition) is 1. The number of rotatable bonds is 4. The first-order chi connectivity index (χ1) is 14.7. The molecule has 5 rings (SSSR count). The summed E-state index contributed by atoms with van der Waals surface area (Å²) in [6.45, 7) is 1.37. The predicted octanol–water partition coefficient (Wildman–Crippen LogP) is 4.17. The van der Waals surface area contributed by atoms with Crippen LogP contribution in [0, 0.1) is 0 Å². The van der Waals surface area contributed by atoms with Crippen molar-refractivity contribution in [1.29, 1.82) is 0 Å². The number of hydrogen-bond acceptors (Lipinski definition) is 3. The van der Waals surface area contributed by atoms with Crippen LogP contribution in [0.3, 0.4) is 0 Å². The number of nitrogens with one attached hydrogen (secondary N) is 1. The van der Waals surface area contributed by atoms with Crippen LogP contribution < -0.4 is 5.32 Å². The average Bonchev–Trinajstić information content (AvgIpc) is 3.48. The Labute approximate surface area is 179 Å². The molecule has 1 N–H and O–H groups in total. The van der Waals surface area contributed by atoms with Gasteiger partial charge in [-0.1, -0.05) is 50.3 Å². The molecule has 162 valence electrons. The Morgan fingerprint density at radius 2 is 1.80 bits per heavy atom. The smallest absolute Gasteiger partial charge is 0.254 e. The van der Waals surface area contributed by atoms with E-state index in [0.717, 1.165) is 69.1 Å². The molecule has 1 spiro atoms. The minimum atomic E-state index is -0.376. The molecule has 1 aromatic rings. The molecule has 30 heavy (non-hydrogen) atoms. The van der Waals surface area contributed by atoms with E-state index in [1.54, 1.807) is 0 Å². The van der Waals surface area contributed by atoms with Crippen molar-refractivity contribution in [3.8, 4) is 0 Å². The third-order valence-electron chi connectivity index (χ3n) is 7.94. The van der Waals surface area contributed by atoms with Crippen molar-refractivity contribution in [3.05, 3.63) is 35.4 Å². The zero-order valence-corrected chi connectivity index (χ0v) is 17.9. The minimum Gasteiger partial charge on any atom is -0.376 e. The SMILES string of the molecule is O=C(NC[C@H]1CCCO1)[C@@H]1c2ccccc2C(=O)N(C2CCCC2)C12CCCCC2. The van der Waals surface area contributed by atoms with Gasteiger partial charge in [0.05, 0.1) is 17.6 Å². The van der Waals surface area contributed by atoms with E-state index in [0.29, 0.717) is 6.54 Å². The summed E-state index contributed by atoms with van der Waals surface area (Å²) in [5.74, 6) is -0.0494. The van der Waals surface area contributed by atoms with Gasteiger partial charge in [-0.3, -0.25) is 9.59 Å². The fourth-order valence-corrected chi connectivity index (χ4v) is 6.60. The van der Waals surface area contributed by atoms with Crippen LogP contribution in [0.1, 0.15) is 92.5 Å². The molecule has 5 nitrogen and oxygen atoms in total. The zero-order valence-electron chi connectivity index (χ0n) is 17.9. The number of carbonyl (C=O) groups is 2. The van der Waals surface area contributed by atoms with Gasteiger partial charge in [0.2, 0.25) is 5.91 Å². The second kappa shape index (κ2) is 8.33. The van der Waals surface area contributed by atoms with E-state index < -0.39 is 0 Å². The molecule has 2 aliphatic carbocycles. The average molecular weight is 411 g/mol. The van der Waals surface area contributed by atoms with E-state index in [9.17, 15) is 9.59 Å². The molecule has 1 aromatic carbocycles. The maximum atomic E-state index is 13.8. The number of amides is 2. The van der Waals surface area contributed by atoms with E-state index in [1.807, 2.05) is 24.3 Å². The first-order valence-corrected chi connectivity index (χ1v) is 12.0. The van der Waals surface area contributed by atoms with Crippen LogP contribution in [0.2, 0.25) is 0 Å². The second-order valence-corrected chi connectivity index (χ2v) is 9.68. The second-order valence-electron chi connectivity index (χ2n) is 9.68. The first kappa shape index (κ1) is 20.0. The lowest BCUT2D eigenvalue weighted by molar-refractivity contribution is -0.128. The van der Waals surface area contributed by atoms with Crippen LogP contribution in [0.15, 0.2) is 24.3 Å². The Bertz CT molecular complexity index is 789. The van der Waals surface area contributed by atoms with Gasteiger partial charge in [-0.15, -0.1) is 0 Å². The molecule has 4 aliphatic rings. The standard InChI is InChI=1S/C25H34N2O3/c28-23(26-17-19-11-8-16-30-19)22-20-12-4-5-13-21(20)24(29)27(18-9-2-3-10-18)25(22)14-6-1-7-15-25/h4-5,12-13,18-19,22H,1-3,6-11,14-17H2,(H,26,28)/t19-,22+/m1/s1. The first-order valence-electron chi connectivity index (χ1n) is 12.0. The van der Waals surface area contributed by atoms with Gasteiger partial charge >= 0.3 is 0 Å². The van der Waals surface area contributed by atoms with Crippen LogP contribution in [0.5, 0.6) is 0 Å². The lowest BCUT2D eigenvalue weighted by atomic mass is 9.64. The number of ether oxygens (including phenoxy) is 1. The van der Waals surface area contributed by atoms with Gasteiger partial charge < -0.3 is 15.0 Å². The van der Waals surface area contributed by atoms with Gasteiger partial charge in [0.25, 0.3) is 5.91 Å². The molecular formula is C25H34N2O3. The summed E-state index contributed by atoms with van der Waals surface area (Å²) >= 11 is 0. The van der Waals surface area contributed by atoms with Gasteiger partial charge in [-0.2, -0.15) is 0 Å². The lowest BCUT2D eigenvalue weighted by Crippen LogP contribution is -2.65. The van der Waals surface area contributed by atoms with Crippen molar-refractivity contribution in [2.45, 2.75) is 94.2 Å². The third kappa shape index (κ3) is 3.35. The zero-order chi connectivity index (χ0) is 20.6. The minimum absolute atomic E-state index is 0.0790. The molecule has 2 saturated carbocycles. The van der Waals surface area contributed by atoms with Crippen molar-refractivity contribution < 1.29 is 14.3 Å². The maximum absolute atomic E-state index is 13.8. The summed E-state index contributed by atoms with van der Waals surface area (Å²) in [6.07, 6.45) is 12.0. The van der Waals surface area contributed by atoms with Crippen LogP contribution in [0.25, 0.3) is 0 Å². The van der Waals surface area contributed by atoms with Crippen LogP contribution in [0.4, 0.5) is 0 Å². The quantitative estimate of drug-likeness (QED) is 0.811. The predicted molar refractivity (Wildman–Crippen MR) is 115 cm³/mol. The Morgan fingerprint density at radius 3 is 2.53 bits per heavy atom. The maximum Gasteiger partial charge on any atom is 0.254 e. The molecule has 0 radical (unpaired) electrons. The van der Waals surface area contributed by atoms with Gasteiger partial charge in [0.1, 0.15) is 0 Å². The van der Waals surface area contributed by atoms with E-state index >= 15 is 0 Å². The summed E-state index contributed by atoms with van der Waals surface area (Å²) in [4.78, 5) is 29.7. The Morgan fingerprint density at radius 1 is 1.03 bits per heavy atom. The van der Waals surface area contributed by atoms with Crippen LogP contribution >= 0.6 is 0 Å². The van der Waals surface area contributed by atoms with Crippen molar-refractivity contribution in [2.24, 2.45) is 0 Å². The lowest BCUT2D eigenvalue weighted by Gasteiger charge is -2.56. The summed E-state index contributed by atoms with van der Waals surface area (Å²) in [7, 11) is 0. The van der Waals surface area contributed by atoms with Gasteiger partial charge in [0.15, 0.2) is 0 Å². The van der Waals surface area contributed by atoms with Crippen molar-refractivity contribution >= 4 is 11.8 Å². The normalized spacial score (nSPS) is 28.7. The number of nitrogens with zero attached hydrogens (tertiary/aromatic N) is 1. The Kier molecular flexibility index (Phi) is 5.57. The number of fused-ring (bicyclic) bond motifs is 1. The Balaban J connectivity index is 1.54. The molecule has 3 fully saturated rings. The highest BCUT2D eigenvalue weighted by molar-refractivity contribution is 6.02.